The summed E-state index contributed by atoms with van der Waals surface area (Å²) in [7, 11) is 0. The lowest BCUT2D eigenvalue weighted by Crippen LogP contribution is -2.13. The Morgan fingerprint density at radius 1 is 0.950 bits per heavy atom. The summed E-state index contributed by atoms with van der Waals surface area (Å²) in [6.07, 6.45) is 0. The third-order valence-corrected chi connectivity index (χ3v) is 3.65. The molecule has 0 fully saturated rings. The monoisotopic (exact) mass is 262 g/mol. The van der Waals surface area contributed by atoms with Crippen molar-refractivity contribution >= 4 is 10.9 Å². The van der Waals surface area contributed by atoms with Crippen molar-refractivity contribution in [2.24, 2.45) is 5.73 Å². The average Bonchev–Trinajstić information content (AvgIpc) is 2.46. The van der Waals surface area contributed by atoms with Gasteiger partial charge in [-0.1, -0.05) is 48.0 Å². The van der Waals surface area contributed by atoms with E-state index in [4.69, 9.17) is 5.73 Å². The Kier molecular flexibility index (Phi) is 3.25. The van der Waals surface area contributed by atoms with E-state index in [1.165, 1.54) is 5.56 Å². The highest BCUT2D eigenvalue weighted by molar-refractivity contribution is 5.83. The van der Waals surface area contributed by atoms with Gasteiger partial charge < -0.3 is 5.73 Å². The molecule has 0 aliphatic heterocycles. The molecule has 1 atom stereocenters. The zero-order chi connectivity index (χ0) is 14.1. The van der Waals surface area contributed by atoms with Crippen molar-refractivity contribution in [1.29, 1.82) is 0 Å². The van der Waals surface area contributed by atoms with Crippen LogP contribution in [0.5, 0.6) is 0 Å². The maximum atomic E-state index is 6.47. The lowest BCUT2D eigenvalue weighted by Gasteiger charge is -2.16. The third kappa shape index (κ3) is 2.30. The second-order valence-corrected chi connectivity index (χ2v) is 5.26. The van der Waals surface area contributed by atoms with Gasteiger partial charge in [0, 0.05) is 11.1 Å². The van der Waals surface area contributed by atoms with Crippen LogP contribution >= 0.6 is 0 Å². The number of nitrogens with two attached hydrogens (primary N) is 1. The number of para-hydroxylation sites is 1. The van der Waals surface area contributed by atoms with Crippen molar-refractivity contribution in [2.45, 2.75) is 19.9 Å². The zero-order valence-electron chi connectivity index (χ0n) is 11.8. The van der Waals surface area contributed by atoms with Crippen molar-refractivity contribution in [3.05, 3.63) is 77.0 Å². The number of pyridine rings is 1. The molecule has 2 heteroatoms. The molecule has 20 heavy (non-hydrogen) atoms. The van der Waals surface area contributed by atoms with Crippen LogP contribution in [0.2, 0.25) is 0 Å². The fourth-order valence-electron chi connectivity index (χ4n) is 2.55. The first-order chi connectivity index (χ1) is 9.65. The second-order valence-electron chi connectivity index (χ2n) is 5.26. The number of hydrogen-bond acceptors (Lipinski definition) is 2. The van der Waals surface area contributed by atoms with Crippen LogP contribution in [0.4, 0.5) is 0 Å². The van der Waals surface area contributed by atoms with Crippen LogP contribution in [-0.2, 0) is 0 Å². The fraction of sp³-hybridized carbons (Fsp3) is 0.167. The van der Waals surface area contributed by atoms with Gasteiger partial charge in [0.25, 0.3) is 0 Å². The number of aromatic nitrogens is 1. The van der Waals surface area contributed by atoms with Gasteiger partial charge in [0.15, 0.2) is 0 Å². The van der Waals surface area contributed by atoms with E-state index in [9.17, 15) is 0 Å². The van der Waals surface area contributed by atoms with Gasteiger partial charge in [0.05, 0.1) is 11.6 Å². The molecule has 1 unspecified atom stereocenters. The van der Waals surface area contributed by atoms with Gasteiger partial charge in [-0.3, -0.25) is 4.98 Å². The van der Waals surface area contributed by atoms with Crippen LogP contribution in [0.25, 0.3) is 10.9 Å². The smallest absolute Gasteiger partial charge is 0.0708 e. The van der Waals surface area contributed by atoms with E-state index >= 15 is 0 Å². The minimum atomic E-state index is -0.123. The van der Waals surface area contributed by atoms with Crippen molar-refractivity contribution in [3.8, 4) is 0 Å². The lowest BCUT2D eigenvalue weighted by molar-refractivity contribution is 0.875. The number of rotatable bonds is 2. The minimum Gasteiger partial charge on any atom is -0.320 e. The first-order valence-corrected chi connectivity index (χ1v) is 6.83. The molecule has 0 aliphatic carbocycles. The van der Waals surface area contributed by atoms with Crippen LogP contribution in [0.15, 0.2) is 54.6 Å². The van der Waals surface area contributed by atoms with Crippen LogP contribution in [0.3, 0.4) is 0 Å². The van der Waals surface area contributed by atoms with Gasteiger partial charge in [-0.2, -0.15) is 0 Å². The molecule has 0 aliphatic rings. The predicted molar refractivity (Wildman–Crippen MR) is 83.7 cm³/mol. The predicted octanol–water partition coefficient (Wildman–Crippen LogP) is 3.90. The van der Waals surface area contributed by atoms with Crippen molar-refractivity contribution in [2.75, 3.05) is 0 Å². The third-order valence-electron chi connectivity index (χ3n) is 3.65. The van der Waals surface area contributed by atoms with Gasteiger partial charge in [-0.05, 0) is 37.1 Å². The number of nitrogens with zero attached hydrogens (tertiary/aromatic N) is 1. The van der Waals surface area contributed by atoms with E-state index in [2.05, 4.69) is 48.3 Å². The molecule has 2 aromatic carbocycles. The van der Waals surface area contributed by atoms with Crippen molar-refractivity contribution in [3.63, 3.8) is 0 Å². The summed E-state index contributed by atoms with van der Waals surface area (Å²) in [5.41, 5.74) is 12.0. The standard InChI is InChI=1S/C18H18N2/c1-12-7-9-14(10-8-12)18(19)16-11-13(2)20-17-6-4-3-5-15(16)17/h3-11,18H,19H2,1-2H3. The molecule has 0 spiro atoms. The minimum absolute atomic E-state index is 0.123. The molecule has 0 radical (unpaired) electrons. The number of aryl methyl sites for hydroxylation is 2. The summed E-state index contributed by atoms with van der Waals surface area (Å²) in [5, 5.41) is 1.13. The van der Waals surface area contributed by atoms with Gasteiger partial charge >= 0.3 is 0 Å². The molecule has 0 bridgehead atoms. The summed E-state index contributed by atoms with van der Waals surface area (Å²) >= 11 is 0. The van der Waals surface area contributed by atoms with E-state index in [1.807, 2.05) is 25.1 Å². The Bertz CT molecular complexity index is 745. The molecule has 100 valence electrons. The molecular weight excluding hydrogens is 244 g/mol. The van der Waals surface area contributed by atoms with Crippen LogP contribution < -0.4 is 5.73 Å². The van der Waals surface area contributed by atoms with Crippen molar-refractivity contribution in [1.82, 2.24) is 4.98 Å². The van der Waals surface area contributed by atoms with E-state index in [-0.39, 0.29) is 6.04 Å². The van der Waals surface area contributed by atoms with E-state index in [0.29, 0.717) is 0 Å². The summed E-state index contributed by atoms with van der Waals surface area (Å²) < 4.78 is 0. The topological polar surface area (TPSA) is 38.9 Å². The highest BCUT2D eigenvalue weighted by Gasteiger charge is 2.13. The quantitative estimate of drug-likeness (QED) is 0.760. The molecule has 3 aromatic rings. The van der Waals surface area contributed by atoms with Crippen LogP contribution in [0.1, 0.15) is 28.4 Å². The van der Waals surface area contributed by atoms with E-state index in [0.717, 1.165) is 27.7 Å². The maximum Gasteiger partial charge on any atom is 0.0708 e. The Hall–Kier alpha value is -2.19. The number of fused-ring (bicyclic) bond motifs is 1. The normalized spacial score (nSPS) is 12.6. The first kappa shape index (κ1) is 12.8. The Balaban J connectivity index is 2.15. The van der Waals surface area contributed by atoms with E-state index < -0.39 is 0 Å². The molecular formula is C18H18N2. The molecule has 2 N–H and O–H groups in total. The Morgan fingerprint density at radius 3 is 2.40 bits per heavy atom. The maximum absolute atomic E-state index is 6.47. The van der Waals surface area contributed by atoms with Gasteiger partial charge in [-0.25, -0.2) is 0 Å². The van der Waals surface area contributed by atoms with Crippen molar-refractivity contribution < 1.29 is 0 Å². The number of hydrogen-bond donors (Lipinski definition) is 1. The molecule has 0 saturated carbocycles. The van der Waals surface area contributed by atoms with Crippen LogP contribution in [0, 0.1) is 13.8 Å². The summed E-state index contributed by atoms with van der Waals surface area (Å²) in [5.74, 6) is 0. The SMILES string of the molecule is Cc1ccc(C(N)c2cc(C)nc3ccccc23)cc1. The highest BCUT2D eigenvalue weighted by Crippen LogP contribution is 2.27. The zero-order valence-corrected chi connectivity index (χ0v) is 11.8. The largest absolute Gasteiger partial charge is 0.320 e. The molecule has 3 rings (SSSR count). The second kappa shape index (κ2) is 5.06. The molecule has 1 aromatic heterocycles. The summed E-state index contributed by atoms with van der Waals surface area (Å²) in [4.78, 5) is 4.57. The lowest BCUT2D eigenvalue weighted by atomic mass is 9.95. The summed E-state index contributed by atoms with van der Waals surface area (Å²) in [6, 6.07) is 18.5. The average molecular weight is 262 g/mol. The molecule has 0 amide bonds. The Labute approximate surface area is 119 Å². The fourth-order valence-corrected chi connectivity index (χ4v) is 2.55. The molecule has 2 nitrogen and oxygen atoms in total. The first-order valence-electron chi connectivity index (χ1n) is 6.83. The number of benzene rings is 2. The van der Waals surface area contributed by atoms with Crippen LogP contribution in [-0.4, -0.2) is 4.98 Å². The van der Waals surface area contributed by atoms with Gasteiger partial charge in [-0.15, -0.1) is 0 Å². The summed E-state index contributed by atoms with van der Waals surface area (Å²) in [6.45, 7) is 4.10. The molecule has 0 saturated heterocycles. The molecule has 1 heterocycles. The van der Waals surface area contributed by atoms with E-state index in [1.54, 1.807) is 0 Å². The Morgan fingerprint density at radius 2 is 1.65 bits per heavy atom. The van der Waals surface area contributed by atoms with Gasteiger partial charge in [0.2, 0.25) is 0 Å². The van der Waals surface area contributed by atoms with Gasteiger partial charge in [0.1, 0.15) is 0 Å². The highest BCUT2D eigenvalue weighted by atomic mass is 14.7.